The van der Waals surface area contributed by atoms with Gasteiger partial charge in [-0.1, -0.05) is 32.0 Å². The molecule has 0 unspecified atom stereocenters. The lowest BCUT2D eigenvalue weighted by Crippen LogP contribution is -2.29. The van der Waals surface area contributed by atoms with Crippen LogP contribution in [0.1, 0.15) is 26.7 Å². The first kappa shape index (κ1) is 12.8. The summed E-state index contributed by atoms with van der Waals surface area (Å²) in [6, 6.07) is 10.0. The normalized spacial score (nSPS) is 10.5. The molecule has 1 aromatic carbocycles. The van der Waals surface area contributed by atoms with Gasteiger partial charge in [-0.15, -0.1) is 0 Å². The maximum atomic E-state index is 11.9. The summed E-state index contributed by atoms with van der Waals surface area (Å²) in [5.41, 5.74) is 1.10. The smallest absolute Gasteiger partial charge is 0.155 e. The summed E-state index contributed by atoms with van der Waals surface area (Å²) in [6.07, 6.45) is 1.88. The number of nitrogens with zero attached hydrogens (tertiary/aromatic N) is 1. The van der Waals surface area contributed by atoms with Crippen LogP contribution in [0, 0.1) is 5.92 Å². The van der Waals surface area contributed by atoms with Gasteiger partial charge in [-0.2, -0.15) is 0 Å². The number of likely N-dealkylation sites (N-methyl/N-ethyl adjacent to an activating group) is 1. The van der Waals surface area contributed by atoms with Gasteiger partial charge in [-0.3, -0.25) is 4.79 Å². The van der Waals surface area contributed by atoms with Gasteiger partial charge in [0.1, 0.15) is 0 Å². The number of para-hydroxylation sites is 1. The van der Waals surface area contributed by atoms with E-state index in [9.17, 15) is 4.79 Å². The average Bonchev–Trinajstić information content (AvgIpc) is 2.31. The van der Waals surface area contributed by atoms with Crippen molar-refractivity contribution >= 4 is 11.5 Å². The highest BCUT2D eigenvalue weighted by Gasteiger charge is 2.15. The maximum absolute atomic E-state index is 11.9. The van der Waals surface area contributed by atoms with Crippen molar-refractivity contribution in [2.75, 3.05) is 18.5 Å². The molecule has 0 heterocycles. The number of rotatable bonds is 6. The van der Waals surface area contributed by atoms with Crippen LogP contribution in [0.15, 0.2) is 30.3 Å². The lowest BCUT2D eigenvalue weighted by molar-refractivity contribution is -0.121. The Bertz CT molecular complexity index is 317. The molecule has 0 saturated heterocycles. The van der Waals surface area contributed by atoms with E-state index in [1.165, 1.54) is 0 Å². The summed E-state index contributed by atoms with van der Waals surface area (Å²) in [7, 11) is 1.97. The Balaban J connectivity index is 2.58. The van der Waals surface area contributed by atoms with E-state index in [4.69, 9.17) is 0 Å². The van der Waals surface area contributed by atoms with Gasteiger partial charge >= 0.3 is 0 Å². The molecule has 0 aliphatic carbocycles. The van der Waals surface area contributed by atoms with Crippen LogP contribution in [-0.4, -0.2) is 19.4 Å². The zero-order chi connectivity index (χ0) is 12.0. The zero-order valence-electron chi connectivity index (χ0n) is 10.4. The molecular weight excluding hydrogens is 198 g/mol. The minimum atomic E-state index is 0.214. The number of hydrogen-bond acceptors (Lipinski definition) is 2. The Hall–Kier alpha value is -1.31. The monoisotopic (exact) mass is 219 g/mol. The third-order valence-corrected chi connectivity index (χ3v) is 3.03. The van der Waals surface area contributed by atoms with Crippen LogP contribution in [0.4, 0.5) is 5.69 Å². The van der Waals surface area contributed by atoms with E-state index in [0.717, 1.165) is 18.5 Å². The van der Waals surface area contributed by atoms with Gasteiger partial charge in [0, 0.05) is 18.7 Å². The molecule has 0 amide bonds. The van der Waals surface area contributed by atoms with Crippen molar-refractivity contribution in [3.05, 3.63) is 30.3 Å². The summed E-state index contributed by atoms with van der Waals surface area (Å²) in [6.45, 7) is 4.67. The first-order valence-electron chi connectivity index (χ1n) is 5.97. The fourth-order valence-corrected chi connectivity index (χ4v) is 1.88. The third kappa shape index (κ3) is 3.37. The molecule has 0 aromatic heterocycles. The molecule has 0 radical (unpaired) electrons. The predicted molar refractivity (Wildman–Crippen MR) is 68.8 cm³/mol. The van der Waals surface area contributed by atoms with Crippen LogP contribution in [0.25, 0.3) is 0 Å². The van der Waals surface area contributed by atoms with Crippen LogP contribution < -0.4 is 4.90 Å². The minimum Gasteiger partial charge on any atom is -0.367 e. The second kappa shape index (κ2) is 6.31. The molecule has 2 nitrogen and oxygen atoms in total. The molecule has 0 saturated carbocycles. The summed E-state index contributed by atoms with van der Waals surface area (Å²) >= 11 is 0. The van der Waals surface area contributed by atoms with Gasteiger partial charge in [0.15, 0.2) is 5.78 Å². The van der Waals surface area contributed by atoms with Gasteiger partial charge in [-0.05, 0) is 25.0 Å². The maximum Gasteiger partial charge on any atom is 0.155 e. The van der Waals surface area contributed by atoms with Gasteiger partial charge in [-0.25, -0.2) is 0 Å². The van der Waals surface area contributed by atoms with E-state index in [-0.39, 0.29) is 5.92 Å². The van der Waals surface area contributed by atoms with E-state index in [2.05, 4.69) is 13.8 Å². The Labute approximate surface area is 98.3 Å². The van der Waals surface area contributed by atoms with Gasteiger partial charge in [0.2, 0.25) is 0 Å². The van der Waals surface area contributed by atoms with Gasteiger partial charge in [0.05, 0.1) is 6.54 Å². The standard InChI is InChI=1S/C14H21NO/c1-4-12(5-2)14(16)11-15(3)13-9-7-6-8-10-13/h6-10,12H,4-5,11H2,1-3H3. The number of carbonyl (C=O) groups excluding carboxylic acids is 1. The second-order valence-electron chi connectivity index (χ2n) is 4.17. The molecule has 0 atom stereocenters. The van der Waals surface area contributed by atoms with E-state index in [0.29, 0.717) is 12.3 Å². The number of carbonyl (C=O) groups is 1. The van der Waals surface area contributed by atoms with Gasteiger partial charge in [0.25, 0.3) is 0 Å². The first-order valence-corrected chi connectivity index (χ1v) is 5.97. The van der Waals surface area contributed by atoms with E-state index in [1.54, 1.807) is 0 Å². The molecule has 88 valence electrons. The zero-order valence-corrected chi connectivity index (χ0v) is 10.4. The first-order chi connectivity index (χ1) is 7.69. The summed E-state index contributed by atoms with van der Waals surface area (Å²) in [5.74, 6) is 0.558. The lowest BCUT2D eigenvalue weighted by Gasteiger charge is -2.21. The van der Waals surface area contributed by atoms with Crippen molar-refractivity contribution in [2.45, 2.75) is 26.7 Å². The molecule has 1 rings (SSSR count). The molecule has 0 bridgehead atoms. The van der Waals surface area contributed by atoms with Crippen molar-refractivity contribution in [3.63, 3.8) is 0 Å². The second-order valence-corrected chi connectivity index (χ2v) is 4.17. The molecule has 0 aliphatic heterocycles. The largest absolute Gasteiger partial charge is 0.367 e. The SMILES string of the molecule is CCC(CC)C(=O)CN(C)c1ccccc1. The highest BCUT2D eigenvalue weighted by atomic mass is 16.1. The Morgan fingerprint density at radius 3 is 2.25 bits per heavy atom. The highest BCUT2D eigenvalue weighted by Crippen LogP contribution is 2.14. The lowest BCUT2D eigenvalue weighted by atomic mass is 9.98. The van der Waals surface area contributed by atoms with Crippen molar-refractivity contribution in [2.24, 2.45) is 5.92 Å². The summed E-state index contributed by atoms with van der Waals surface area (Å²) in [5, 5.41) is 0. The predicted octanol–water partition coefficient (Wildman–Crippen LogP) is 3.13. The van der Waals surface area contributed by atoms with Crippen molar-refractivity contribution in [1.82, 2.24) is 0 Å². The summed E-state index contributed by atoms with van der Waals surface area (Å²) in [4.78, 5) is 14.0. The molecule has 0 aliphatic rings. The molecule has 2 heteroatoms. The number of Topliss-reactive ketones (excluding diaryl/α,β-unsaturated/α-hetero) is 1. The fourth-order valence-electron chi connectivity index (χ4n) is 1.88. The Morgan fingerprint density at radius 1 is 1.19 bits per heavy atom. The average molecular weight is 219 g/mol. The van der Waals surface area contributed by atoms with Crippen molar-refractivity contribution < 1.29 is 4.79 Å². The van der Waals surface area contributed by atoms with E-state index < -0.39 is 0 Å². The van der Waals surface area contributed by atoms with Crippen LogP contribution in [0.3, 0.4) is 0 Å². The Kier molecular flexibility index (Phi) is 5.03. The van der Waals surface area contributed by atoms with Crippen molar-refractivity contribution in [3.8, 4) is 0 Å². The van der Waals surface area contributed by atoms with Crippen molar-refractivity contribution in [1.29, 1.82) is 0 Å². The topological polar surface area (TPSA) is 20.3 Å². The number of hydrogen-bond donors (Lipinski definition) is 0. The molecule has 16 heavy (non-hydrogen) atoms. The molecule has 1 aromatic rings. The van der Waals surface area contributed by atoms with E-state index in [1.807, 2.05) is 42.3 Å². The minimum absolute atomic E-state index is 0.214. The van der Waals surface area contributed by atoms with Gasteiger partial charge < -0.3 is 4.90 Å². The molecular formula is C14H21NO. The fraction of sp³-hybridized carbons (Fsp3) is 0.500. The summed E-state index contributed by atoms with van der Waals surface area (Å²) < 4.78 is 0. The third-order valence-electron chi connectivity index (χ3n) is 3.03. The number of ketones is 1. The number of benzene rings is 1. The van der Waals surface area contributed by atoms with Crippen LogP contribution in [0.5, 0.6) is 0 Å². The molecule has 0 fully saturated rings. The van der Waals surface area contributed by atoms with Crippen LogP contribution in [-0.2, 0) is 4.79 Å². The van der Waals surface area contributed by atoms with Crippen LogP contribution >= 0.6 is 0 Å². The van der Waals surface area contributed by atoms with Crippen LogP contribution in [0.2, 0.25) is 0 Å². The Morgan fingerprint density at radius 2 is 1.75 bits per heavy atom. The van der Waals surface area contributed by atoms with E-state index >= 15 is 0 Å². The number of anilines is 1. The molecule has 0 spiro atoms. The molecule has 0 N–H and O–H groups in total. The highest BCUT2D eigenvalue weighted by molar-refractivity contribution is 5.85. The quantitative estimate of drug-likeness (QED) is 0.732.